The average molecular weight is 391 g/mol. The van der Waals surface area contributed by atoms with Crippen LogP contribution in [0.5, 0.6) is 0 Å². The van der Waals surface area contributed by atoms with Gasteiger partial charge in [-0.25, -0.2) is 0 Å². The molecule has 0 aromatic carbocycles. The van der Waals surface area contributed by atoms with E-state index in [9.17, 15) is 14.7 Å². The minimum Gasteiger partial charge on any atom is -0.466 e. The summed E-state index contributed by atoms with van der Waals surface area (Å²) >= 11 is 0. The van der Waals surface area contributed by atoms with Gasteiger partial charge in [0.2, 0.25) is 0 Å². The van der Waals surface area contributed by atoms with Crippen LogP contribution >= 0.6 is 0 Å². The number of hydrogen-bond donors (Lipinski definition) is 1. The van der Waals surface area contributed by atoms with E-state index in [4.69, 9.17) is 4.74 Å². The van der Waals surface area contributed by atoms with Gasteiger partial charge in [-0.2, -0.15) is 0 Å². The predicted molar refractivity (Wildman–Crippen MR) is 107 cm³/mol. The van der Waals surface area contributed by atoms with E-state index in [0.717, 1.165) is 38.5 Å². The van der Waals surface area contributed by atoms with E-state index in [0.29, 0.717) is 48.4 Å². The predicted octanol–water partition coefficient (Wildman–Crippen LogP) is 4.53. The van der Waals surface area contributed by atoms with Gasteiger partial charge in [0.05, 0.1) is 18.6 Å². The Morgan fingerprint density at radius 1 is 1.11 bits per heavy atom. The minimum absolute atomic E-state index is 0.135. The number of Topliss-reactive ketones (excluding diaryl/α,β-unsaturated/α-hetero) is 1. The van der Waals surface area contributed by atoms with Crippen LogP contribution < -0.4 is 0 Å². The molecule has 3 unspecified atom stereocenters. The Morgan fingerprint density at radius 2 is 1.82 bits per heavy atom. The number of rotatable bonds is 3. The zero-order valence-corrected chi connectivity index (χ0v) is 18.1. The second-order valence-electron chi connectivity index (χ2n) is 10.9. The molecule has 4 saturated carbocycles. The number of hydrogen-bond acceptors (Lipinski definition) is 4. The molecule has 0 radical (unpaired) electrons. The molecule has 4 heteroatoms. The average Bonchev–Trinajstić information content (AvgIpc) is 2.87. The molecular formula is C24H38O4. The summed E-state index contributed by atoms with van der Waals surface area (Å²) in [5.41, 5.74) is -0.876. The van der Waals surface area contributed by atoms with Crippen molar-refractivity contribution in [1.29, 1.82) is 0 Å². The van der Waals surface area contributed by atoms with Gasteiger partial charge in [0, 0.05) is 12.8 Å². The highest BCUT2D eigenvalue weighted by atomic mass is 16.5. The van der Waals surface area contributed by atoms with Crippen molar-refractivity contribution in [3.8, 4) is 0 Å². The first-order valence-corrected chi connectivity index (χ1v) is 11.6. The molecule has 1 N–H and O–H groups in total. The Hall–Kier alpha value is -0.900. The van der Waals surface area contributed by atoms with Crippen molar-refractivity contribution in [1.82, 2.24) is 0 Å². The van der Waals surface area contributed by atoms with Crippen molar-refractivity contribution in [2.24, 2.45) is 40.4 Å². The molecule has 0 amide bonds. The van der Waals surface area contributed by atoms with Gasteiger partial charge in [-0.15, -0.1) is 0 Å². The first-order chi connectivity index (χ1) is 13.2. The lowest BCUT2D eigenvalue weighted by Crippen LogP contribution is -2.58. The molecule has 28 heavy (non-hydrogen) atoms. The van der Waals surface area contributed by atoms with Gasteiger partial charge in [-0.05, 0) is 85.9 Å². The molecule has 0 aliphatic heterocycles. The van der Waals surface area contributed by atoms with Crippen molar-refractivity contribution < 1.29 is 19.4 Å². The quantitative estimate of drug-likeness (QED) is 0.719. The van der Waals surface area contributed by atoms with Crippen molar-refractivity contribution in [3.63, 3.8) is 0 Å². The highest BCUT2D eigenvalue weighted by Gasteiger charge is 2.65. The SMILES string of the molecule is CCOC(=O)CC1(O)CC[C@H]2[C@@H]3CCC4CC(=O)CC(C)[C@]4(C)[C@@H]3CC[C@@]21C. The zero-order valence-electron chi connectivity index (χ0n) is 18.1. The van der Waals surface area contributed by atoms with Gasteiger partial charge in [0.15, 0.2) is 0 Å². The van der Waals surface area contributed by atoms with Gasteiger partial charge in [-0.3, -0.25) is 9.59 Å². The summed E-state index contributed by atoms with van der Waals surface area (Å²) in [6, 6.07) is 0. The molecule has 0 aromatic heterocycles. The molecule has 4 aliphatic carbocycles. The zero-order chi connectivity index (χ0) is 20.3. The summed E-state index contributed by atoms with van der Waals surface area (Å²) < 4.78 is 5.18. The van der Waals surface area contributed by atoms with Crippen molar-refractivity contribution in [2.45, 2.75) is 91.1 Å². The number of carbonyl (C=O) groups is 2. The summed E-state index contributed by atoms with van der Waals surface area (Å²) in [5, 5.41) is 11.6. The van der Waals surface area contributed by atoms with E-state index in [1.165, 1.54) is 6.42 Å². The maximum Gasteiger partial charge on any atom is 0.308 e. The lowest BCUT2D eigenvalue weighted by molar-refractivity contribution is -0.176. The standard InChI is InChI=1S/C24H38O4/c1-5-28-21(26)14-24(27)11-9-19-18-7-6-16-13-17(25)12-15(2)23(16,4)20(18)8-10-22(19,24)3/h15-16,18-20,27H,5-14H2,1-4H3/t15?,16?,18-,19-,20+,22-,23-,24?/m0/s1. The normalized spacial score (nSPS) is 50.5. The number of esters is 1. The molecule has 0 heterocycles. The molecule has 0 bridgehead atoms. The fourth-order valence-corrected chi connectivity index (χ4v) is 8.33. The third kappa shape index (κ3) is 2.73. The lowest BCUT2D eigenvalue weighted by Gasteiger charge is -2.62. The van der Waals surface area contributed by atoms with Crippen LogP contribution in [0.2, 0.25) is 0 Å². The van der Waals surface area contributed by atoms with Crippen LogP contribution in [0.15, 0.2) is 0 Å². The third-order valence-corrected chi connectivity index (χ3v) is 10.1. The monoisotopic (exact) mass is 390 g/mol. The summed E-state index contributed by atoms with van der Waals surface area (Å²) in [6.45, 7) is 9.19. The van der Waals surface area contributed by atoms with Crippen LogP contribution in [0.25, 0.3) is 0 Å². The van der Waals surface area contributed by atoms with Crippen LogP contribution in [0.1, 0.15) is 85.5 Å². The number of fused-ring (bicyclic) bond motifs is 5. The molecule has 4 fully saturated rings. The van der Waals surface area contributed by atoms with E-state index in [-0.39, 0.29) is 23.2 Å². The first kappa shape index (κ1) is 20.4. The minimum atomic E-state index is -0.930. The molecule has 0 aromatic rings. The van der Waals surface area contributed by atoms with Gasteiger partial charge < -0.3 is 9.84 Å². The number of ketones is 1. The summed E-state index contributed by atoms with van der Waals surface area (Å²) in [6.07, 6.45) is 7.81. The first-order valence-electron chi connectivity index (χ1n) is 11.6. The second kappa shape index (κ2) is 6.82. The van der Waals surface area contributed by atoms with Crippen molar-refractivity contribution in [3.05, 3.63) is 0 Å². The Morgan fingerprint density at radius 3 is 2.54 bits per heavy atom. The van der Waals surface area contributed by atoms with E-state index < -0.39 is 5.60 Å². The van der Waals surface area contributed by atoms with Gasteiger partial charge in [-0.1, -0.05) is 20.8 Å². The fourth-order valence-electron chi connectivity index (χ4n) is 8.33. The van der Waals surface area contributed by atoms with E-state index in [1.807, 2.05) is 6.92 Å². The molecule has 8 atom stereocenters. The van der Waals surface area contributed by atoms with Crippen LogP contribution in [-0.4, -0.2) is 29.1 Å². The number of ether oxygens (including phenoxy) is 1. The molecule has 0 spiro atoms. The van der Waals surface area contributed by atoms with E-state index in [2.05, 4.69) is 20.8 Å². The van der Waals surface area contributed by atoms with Crippen LogP contribution in [-0.2, 0) is 14.3 Å². The maximum atomic E-state index is 12.2. The maximum absolute atomic E-state index is 12.2. The van der Waals surface area contributed by atoms with Crippen LogP contribution in [0, 0.1) is 40.4 Å². The largest absolute Gasteiger partial charge is 0.466 e. The van der Waals surface area contributed by atoms with Gasteiger partial charge in [0.25, 0.3) is 0 Å². The van der Waals surface area contributed by atoms with E-state index in [1.54, 1.807) is 0 Å². The smallest absolute Gasteiger partial charge is 0.308 e. The summed E-state index contributed by atoms with van der Waals surface area (Å²) in [4.78, 5) is 24.4. The highest BCUT2D eigenvalue weighted by molar-refractivity contribution is 5.80. The molecule has 4 nitrogen and oxygen atoms in total. The Labute approximate surface area is 169 Å². The van der Waals surface area contributed by atoms with Gasteiger partial charge >= 0.3 is 5.97 Å². The van der Waals surface area contributed by atoms with E-state index >= 15 is 0 Å². The topological polar surface area (TPSA) is 63.6 Å². The molecular weight excluding hydrogens is 352 g/mol. The van der Waals surface area contributed by atoms with Crippen LogP contribution in [0.3, 0.4) is 0 Å². The Bertz CT molecular complexity index is 659. The molecule has 4 aliphatic rings. The lowest BCUT2D eigenvalue weighted by atomic mass is 9.42. The van der Waals surface area contributed by atoms with Gasteiger partial charge in [0.1, 0.15) is 5.78 Å². The Balaban J connectivity index is 1.60. The highest BCUT2D eigenvalue weighted by Crippen LogP contribution is 2.69. The summed E-state index contributed by atoms with van der Waals surface area (Å²) in [7, 11) is 0. The van der Waals surface area contributed by atoms with Crippen LogP contribution in [0.4, 0.5) is 0 Å². The second-order valence-corrected chi connectivity index (χ2v) is 10.9. The Kier molecular flexibility index (Phi) is 4.96. The molecule has 0 saturated heterocycles. The number of carbonyl (C=O) groups excluding carboxylic acids is 2. The summed E-state index contributed by atoms with van der Waals surface area (Å²) in [5.74, 6) is 2.94. The third-order valence-electron chi connectivity index (χ3n) is 10.1. The van der Waals surface area contributed by atoms with Crippen molar-refractivity contribution >= 4 is 11.8 Å². The molecule has 158 valence electrons. The van der Waals surface area contributed by atoms with Crippen molar-refractivity contribution in [2.75, 3.05) is 6.61 Å². The molecule has 4 rings (SSSR count). The fraction of sp³-hybridized carbons (Fsp3) is 0.917. The number of aliphatic hydroxyl groups is 1.